The second-order valence-corrected chi connectivity index (χ2v) is 5.47. The van der Waals surface area contributed by atoms with Gasteiger partial charge in [-0.15, -0.1) is 0 Å². The van der Waals surface area contributed by atoms with Gasteiger partial charge < -0.3 is 8.60 Å². The molecular weight excluding hydrogens is 319 g/mol. The summed E-state index contributed by atoms with van der Waals surface area (Å²) in [4.78, 5) is 4.37. The van der Waals surface area contributed by atoms with Crippen molar-refractivity contribution >= 4 is 11.3 Å². The molecule has 3 rings (SSSR count). The first-order valence-electron chi connectivity index (χ1n) is 6.71. The molecule has 0 aliphatic rings. The van der Waals surface area contributed by atoms with Crippen LogP contribution in [0.4, 0.5) is 4.39 Å². The fourth-order valence-corrected chi connectivity index (χ4v) is 2.48. The highest BCUT2D eigenvalue weighted by Gasteiger charge is 2.15. The van der Waals surface area contributed by atoms with Crippen LogP contribution in [-0.2, 0) is 11.3 Å². The molecule has 1 atom stereocenters. The van der Waals surface area contributed by atoms with Crippen molar-refractivity contribution in [2.75, 3.05) is 0 Å². The van der Waals surface area contributed by atoms with Crippen LogP contribution in [0.3, 0.4) is 0 Å². The summed E-state index contributed by atoms with van der Waals surface area (Å²) in [5.74, 6) is 1.14. The van der Waals surface area contributed by atoms with E-state index in [0.29, 0.717) is 23.1 Å². The Morgan fingerprint density at radius 1 is 1.09 bits per heavy atom. The van der Waals surface area contributed by atoms with E-state index in [2.05, 4.69) is 4.98 Å². The van der Waals surface area contributed by atoms with E-state index < -0.39 is 11.3 Å². The van der Waals surface area contributed by atoms with E-state index in [4.69, 9.17) is 13.7 Å². The average Bonchev–Trinajstić information content (AvgIpc) is 2.90. The van der Waals surface area contributed by atoms with E-state index in [0.717, 1.165) is 11.1 Å². The third-order valence-electron chi connectivity index (χ3n) is 3.15. The second-order valence-electron chi connectivity index (χ2n) is 4.79. The van der Waals surface area contributed by atoms with Crippen molar-refractivity contribution in [2.24, 2.45) is 5.14 Å². The minimum Gasteiger partial charge on any atom is -0.440 e. The highest BCUT2D eigenvalue weighted by Crippen LogP contribution is 2.33. The number of hydrogen-bond acceptors (Lipinski definition) is 4. The molecule has 0 saturated carbocycles. The van der Waals surface area contributed by atoms with Crippen LogP contribution in [-0.4, -0.2) is 9.19 Å². The zero-order valence-electron chi connectivity index (χ0n) is 12.2. The lowest BCUT2D eigenvalue weighted by Gasteiger charge is -2.04. The number of aryl methyl sites for hydroxylation is 1. The van der Waals surface area contributed by atoms with Gasteiger partial charge in [0.05, 0.1) is 0 Å². The molecule has 1 aromatic heterocycles. The quantitative estimate of drug-likeness (QED) is 0.794. The second kappa shape index (κ2) is 6.31. The fraction of sp³-hybridized carbons (Fsp3) is 0.0625. The molecule has 5 nitrogen and oxygen atoms in total. The number of rotatable bonds is 4. The standard InChI is InChI=1S/C16H13FN2O3S/c1-10-19-15(11-2-6-13(17)7-3-11)16(21-10)12-4-8-14(9-5-12)22-23(18)20/h2-9H,18H2,1H3. The fourth-order valence-electron chi connectivity index (χ4n) is 2.18. The molecule has 0 fully saturated rings. The van der Waals surface area contributed by atoms with Crippen molar-refractivity contribution in [1.82, 2.24) is 4.98 Å². The highest BCUT2D eigenvalue weighted by atomic mass is 32.2. The van der Waals surface area contributed by atoms with Gasteiger partial charge >= 0.3 is 0 Å². The van der Waals surface area contributed by atoms with Gasteiger partial charge in [-0.3, -0.25) is 0 Å². The molecule has 118 valence electrons. The highest BCUT2D eigenvalue weighted by molar-refractivity contribution is 7.78. The lowest BCUT2D eigenvalue weighted by Crippen LogP contribution is -2.09. The van der Waals surface area contributed by atoms with Crippen LogP contribution in [0.2, 0.25) is 0 Å². The summed E-state index contributed by atoms with van der Waals surface area (Å²) in [6.07, 6.45) is 0. The zero-order chi connectivity index (χ0) is 16.4. The predicted octanol–water partition coefficient (Wildman–Crippen LogP) is 3.37. The van der Waals surface area contributed by atoms with Crippen molar-refractivity contribution in [3.8, 4) is 28.3 Å². The van der Waals surface area contributed by atoms with E-state index in [1.807, 2.05) is 0 Å². The van der Waals surface area contributed by atoms with Crippen LogP contribution >= 0.6 is 0 Å². The molecule has 0 spiro atoms. The first-order valence-corrected chi connectivity index (χ1v) is 7.85. The Morgan fingerprint density at radius 2 is 1.70 bits per heavy atom. The number of nitrogens with two attached hydrogens (primary N) is 1. The van der Waals surface area contributed by atoms with Crippen LogP contribution < -0.4 is 9.32 Å². The van der Waals surface area contributed by atoms with E-state index in [9.17, 15) is 8.60 Å². The van der Waals surface area contributed by atoms with Crippen molar-refractivity contribution in [3.63, 3.8) is 0 Å². The Balaban J connectivity index is 2.00. The Hall–Kier alpha value is -2.51. The van der Waals surface area contributed by atoms with E-state index in [1.54, 1.807) is 43.3 Å². The number of benzene rings is 2. The maximum absolute atomic E-state index is 13.1. The van der Waals surface area contributed by atoms with Gasteiger partial charge in [0.2, 0.25) is 0 Å². The van der Waals surface area contributed by atoms with Crippen molar-refractivity contribution in [2.45, 2.75) is 6.92 Å². The van der Waals surface area contributed by atoms with Crippen LogP contribution in [0.15, 0.2) is 52.9 Å². The smallest absolute Gasteiger partial charge is 0.285 e. The van der Waals surface area contributed by atoms with Crippen molar-refractivity contribution in [1.29, 1.82) is 0 Å². The molecule has 2 N–H and O–H groups in total. The summed E-state index contributed by atoms with van der Waals surface area (Å²) >= 11 is -1.87. The number of oxazole rings is 1. The van der Waals surface area contributed by atoms with Crippen LogP contribution in [0.1, 0.15) is 5.89 Å². The monoisotopic (exact) mass is 332 g/mol. The third kappa shape index (κ3) is 3.46. The number of aromatic nitrogens is 1. The topological polar surface area (TPSA) is 78.4 Å². The molecule has 3 aromatic rings. The lowest BCUT2D eigenvalue weighted by atomic mass is 10.1. The molecule has 2 aromatic carbocycles. The van der Waals surface area contributed by atoms with Crippen molar-refractivity contribution in [3.05, 3.63) is 60.2 Å². The molecule has 0 radical (unpaired) electrons. The first-order chi connectivity index (χ1) is 11.0. The van der Waals surface area contributed by atoms with Crippen LogP contribution in [0, 0.1) is 12.7 Å². The van der Waals surface area contributed by atoms with Gasteiger partial charge in [0, 0.05) is 18.1 Å². The van der Waals surface area contributed by atoms with Gasteiger partial charge in [0.1, 0.15) is 17.3 Å². The van der Waals surface area contributed by atoms with Crippen LogP contribution in [0.5, 0.6) is 5.75 Å². The molecule has 0 amide bonds. The van der Waals surface area contributed by atoms with Gasteiger partial charge in [0.25, 0.3) is 11.3 Å². The Labute approximate surface area is 134 Å². The maximum atomic E-state index is 13.1. The molecule has 7 heteroatoms. The summed E-state index contributed by atoms with van der Waals surface area (Å²) in [6.45, 7) is 1.74. The van der Waals surface area contributed by atoms with Crippen molar-refractivity contribution < 1.29 is 17.2 Å². The lowest BCUT2D eigenvalue weighted by molar-refractivity contribution is 0.534. The summed E-state index contributed by atoms with van der Waals surface area (Å²) in [5, 5.41) is 5.08. The molecular formula is C16H13FN2O3S. The third-order valence-corrected chi connectivity index (χ3v) is 3.50. The summed E-state index contributed by atoms with van der Waals surface area (Å²) in [7, 11) is 0. The van der Waals surface area contributed by atoms with Gasteiger partial charge in [-0.05, 0) is 48.5 Å². The van der Waals surface area contributed by atoms with Gasteiger partial charge in [-0.1, -0.05) is 0 Å². The minimum atomic E-state index is -1.87. The van der Waals surface area contributed by atoms with Gasteiger partial charge in [-0.2, -0.15) is 4.21 Å². The zero-order valence-corrected chi connectivity index (χ0v) is 13.0. The van der Waals surface area contributed by atoms with Gasteiger partial charge in [0.15, 0.2) is 11.7 Å². The largest absolute Gasteiger partial charge is 0.440 e. The summed E-state index contributed by atoms with van der Waals surface area (Å²) < 4.78 is 34.5. The average molecular weight is 332 g/mol. The Morgan fingerprint density at radius 3 is 2.30 bits per heavy atom. The number of halogens is 1. The minimum absolute atomic E-state index is 0.313. The molecule has 1 unspecified atom stereocenters. The normalized spacial score (nSPS) is 12.1. The Bertz CT molecular complexity index is 845. The molecule has 23 heavy (non-hydrogen) atoms. The van der Waals surface area contributed by atoms with E-state index in [-0.39, 0.29) is 5.82 Å². The molecule has 0 aliphatic carbocycles. The van der Waals surface area contributed by atoms with Crippen LogP contribution in [0.25, 0.3) is 22.6 Å². The van der Waals surface area contributed by atoms with Gasteiger partial charge in [-0.25, -0.2) is 14.5 Å². The number of nitrogens with zero attached hydrogens (tertiary/aromatic N) is 1. The SMILES string of the molecule is Cc1nc(-c2ccc(F)cc2)c(-c2ccc(OS(N)=O)cc2)o1. The first kappa shape index (κ1) is 15.4. The predicted molar refractivity (Wildman–Crippen MR) is 85.0 cm³/mol. The molecule has 0 saturated heterocycles. The summed E-state index contributed by atoms with van der Waals surface area (Å²) in [5.41, 5.74) is 2.14. The van der Waals surface area contributed by atoms with E-state index in [1.165, 1.54) is 12.1 Å². The Kier molecular flexibility index (Phi) is 4.22. The maximum Gasteiger partial charge on any atom is 0.285 e. The number of hydrogen-bond donors (Lipinski definition) is 1. The molecule has 1 heterocycles. The summed E-state index contributed by atoms with van der Waals surface area (Å²) in [6, 6.07) is 12.8. The molecule has 0 bridgehead atoms. The van der Waals surface area contributed by atoms with E-state index >= 15 is 0 Å². The molecule has 0 aliphatic heterocycles.